The lowest BCUT2D eigenvalue weighted by Crippen LogP contribution is -2.20. The first-order chi connectivity index (χ1) is 18.0. The third-order valence-electron chi connectivity index (χ3n) is 6.34. The third-order valence-corrected chi connectivity index (χ3v) is 6.34. The van der Waals surface area contributed by atoms with Gasteiger partial charge in [-0.3, -0.25) is 9.78 Å². The molecule has 4 aromatic rings. The van der Waals surface area contributed by atoms with Crippen LogP contribution in [0.5, 0.6) is 5.75 Å². The smallest absolute Gasteiger partial charge is 0.335 e. The Bertz CT molecular complexity index is 1340. The summed E-state index contributed by atoms with van der Waals surface area (Å²) in [6.45, 7) is 2.62. The lowest BCUT2D eigenvalue weighted by Gasteiger charge is -2.16. The van der Waals surface area contributed by atoms with E-state index in [0.29, 0.717) is 13.0 Å². The van der Waals surface area contributed by atoms with Crippen molar-refractivity contribution in [2.24, 2.45) is 0 Å². The molecule has 188 valence electrons. The van der Waals surface area contributed by atoms with Crippen LogP contribution in [0.3, 0.4) is 0 Å². The van der Waals surface area contributed by atoms with Gasteiger partial charge in [0.15, 0.2) is 5.78 Å². The zero-order valence-electron chi connectivity index (χ0n) is 20.8. The Hall–Kier alpha value is -4.45. The van der Waals surface area contributed by atoms with Crippen LogP contribution in [0.15, 0.2) is 97.3 Å². The van der Waals surface area contributed by atoms with Crippen molar-refractivity contribution in [1.82, 2.24) is 4.98 Å². The molecule has 1 heterocycles. The first-order valence-electron chi connectivity index (χ1n) is 12.3. The number of carbonyl (C=O) groups excluding carboxylic acids is 1. The first kappa shape index (κ1) is 25.6. The van der Waals surface area contributed by atoms with Crippen molar-refractivity contribution in [3.05, 3.63) is 125 Å². The normalized spacial score (nSPS) is 11.5. The van der Waals surface area contributed by atoms with Crippen molar-refractivity contribution in [3.63, 3.8) is 0 Å². The maximum absolute atomic E-state index is 13.0. The van der Waals surface area contributed by atoms with Gasteiger partial charge >= 0.3 is 5.97 Å². The maximum Gasteiger partial charge on any atom is 0.335 e. The van der Waals surface area contributed by atoms with Gasteiger partial charge < -0.3 is 15.2 Å². The number of aromatic carboxylic acids is 1. The van der Waals surface area contributed by atoms with E-state index in [-0.39, 0.29) is 23.8 Å². The van der Waals surface area contributed by atoms with Crippen LogP contribution in [-0.4, -0.2) is 35.0 Å². The standard InChI is InChI=1S/C31H30N2O4/c1-22(24-12-14-27(15-13-24)37-18-16-23-7-6-17-32-20-23)30(34)21-33-29-11-5-3-9-26(29)19-25-8-2-4-10-28(25)31(35)36/h2-15,17,20,22,33H,16,18-19,21H2,1H3,(H,35,36). The SMILES string of the molecule is CC(C(=O)CNc1ccccc1Cc1ccccc1C(=O)O)c1ccc(OCCc2cccnc2)cc1. The number of anilines is 1. The molecule has 0 aliphatic rings. The van der Waals surface area contributed by atoms with E-state index in [1.165, 1.54) is 0 Å². The third kappa shape index (κ3) is 7.04. The van der Waals surface area contributed by atoms with Gasteiger partial charge in [0, 0.05) is 36.8 Å². The van der Waals surface area contributed by atoms with E-state index in [0.717, 1.165) is 40.1 Å². The summed E-state index contributed by atoms with van der Waals surface area (Å²) in [5, 5.41) is 12.8. The van der Waals surface area contributed by atoms with Crippen molar-refractivity contribution in [2.45, 2.75) is 25.7 Å². The summed E-state index contributed by atoms with van der Waals surface area (Å²) >= 11 is 0. The molecule has 6 heteroatoms. The minimum Gasteiger partial charge on any atom is -0.493 e. The number of para-hydroxylation sites is 1. The van der Waals surface area contributed by atoms with Crippen molar-refractivity contribution in [1.29, 1.82) is 0 Å². The van der Waals surface area contributed by atoms with Crippen LogP contribution in [-0.2, 0) is 17.6 Å². The molecular weight excluding hydrogens is 464 g/mol. The summed E-state index contributed by atoms with van der Waals surface area (Å²) in [7, 11) is 0. The van der Waals surface area contributed by atoms with Crippen molar-refractivity contribution in [2.75, 3.05) is 18.5 Å². The number of nitrogens with one attached hydrogen (secondary N) is 1. The molecule has 3 aromatic carbocycles. The highest BCUT2D eigenvalue weighted by Crippen LogP contribution is 2.23. The van der Waals surface area contributed by atoms with Gasteiger partial charge in [-0.25, -0.2) is 4.79 Å². The second-order valence-corrected chi connectivity index (χ2v) is 8.87. The van der Waals surface area contributed by atoms with Crippen LogP contribution in [0, 0.1) is 0 Å². The van der Waals surface area contributed by atoms with E-state index in [9.17, 15) is 14.7 Å². The van der Waals surface area contributed by atoms with Crippen molar-refractivity contribution >= 4 is 17.4 Å². The number of benzene rings is 3. The maximum atomic E-state index is 13.0. The summed E-state index contributed by atoms with van der Waals surface area (Å²) in [6, 6.07) is 26.2. The predicted octanol–water partition coefficient (Wildman–Crippen LogP) is 5.78. The Labute approximate surface area is 217 Å². The Balaban J connectivity index is 1.33. The van der Waals surface area contributed by atoms with Gasteiger partial charge in [-0.2, -0.15) is 0 Å². The molecule has 0 aliphatic heterocycles. The van der Waals surface area contributed by atoms with E-state index < -0.39 is 5.97 Å². The second-order valence-electron chi connectivity index (χ2n) is 8.87. The largest absolute Gasteiger partial charge is 0.493 e. The van der Waals surface area contributed by atoms with Crippen LogP contribution >= 0.6 is 0 Å². The molecule has 2 N–H and O–H groups in total. The highest BCUT2D eigenvalue weighted by atomic mass is 16.5. The highest BCUT2D eigenvalue weighted by molar-refractivity contribution is 5.90. The molecule has 0 amide bonds. The summed E-state index contributed by atoms with van der Waals surface area (Å²) in [5.41, 5.74) is 4.82. The fraction of sp³-hybridized carbons (Fsp3) is 0.194. The van der Waals surface area contributed by atoms with E-state index in [2.05, 4.69) is 10.3 Å². The summed E-state index contributed by atoms with van der Waals surface area (Å²) in [5.74, 6) is -0.404. The molecule has 1 aromatic heterocycles. The number of hydrogen-bond acceptors (Lipinski definition) is 5. The van der Waals surface area contributed by atoms with Gasteiger partial charge in [0.2, 0.25) is 0 Å². The van der Waals surface area contributed by atoms with Gasteiger partial charge in [0.1, 0.15) is 5.75 Å². The summed E-state index contributed by atoms with van der Waals surface area (Å²) in [4.78, 5) is 28.7. The number of pyridine rings is 1. The minimum atomic E-state index is -0.949. The number of nitrogens with zero attached hydrogens (tertiary/aromatic N) is 1. The topological polar surface area (TPSA) is 88.5 Å². The number of aromatic nitrogens is 1. The molecule has 37 heavy (non-hydrogen) atoms. The molecule has 0 radical (unpaired) electrons. The van der Waals surface area contributed by atoms with Crippen molar-refractivity contribution < 1.29 is 19.4 Å². The van der Waals surface area contributed by atoms with Crippen LogP contribution in [0.2, 0.25) is 0 Å². The molecule has 0 fully saturated rings. The van der Waals surface area contributed by atoms with Crippen LogP contribution in [0.1, 0.15) is 45.5 Å². The Morgan fingerprint density at radius 1 is 0.919 bits per heavy atom. The van der Waals surface area contributed by atoms with Crippen LogP contribution < -0.4 is 10.1 Å². The zero-order chi connectivity index (χ0) is 26.0. The van der Waals surface area contributed by atoms with Crippen molar-refractivity contribution in [3.8, 4) is 5.75 Å². The molecule has 1 unspecified atom stereocenters. The van der Waals surface area contributed by atoms with Gasteiger partial charge in [-0.05, 0) is 52.6 Å². The molecule has 1 atom stereocenters. The van der Waals surface area contributed by atoms with Crippen LogP contribution in [0.4, 0.5) is 5.69 Å². The molecular formula is C31H30N2O4. The number of ether oxygens (including phenoxy) is 1. The Kier molecular flexibility index (Phi) is 8.66. The van der Waals surface area contributed by atoms with Gasteiger partial charge in [-0.1, -0.05) is 61.5 Å². The minimum absolute atomic E-state index is 0.0611. The summed E-state index contributed by atoms with van der Waals surface area (Å²) < 4.78 is 5.83. The molecule has 6 nitrogen and oxygen atoms in total. The number of Topliss-reactive ketones (excluding diaryl/α,β-unsaturated/α-hetero) is 1. The fourth-order valence-electron chi connectivity index (χ4n) is 4.14. The van der Waals surface area contributed by atoms with E-state index >= 15 is 0 Å². The number of ketones is 1. The van der Waals surface area contributed by atoms with Gasteiger partial charge in [0.05, 0.1) is 18.7 Å². The average Bonchev–Trinajstić information content (AvgIpc) is 2.93. The lowest BCUT2D eigenvalue weighted by molar-refractivity contribution is -0.118. The van der Waals surface area contributed by atoms with Gasteiger partial charge in [-0.15, -0.1) is 0 Å². The quantitative estimate of drug-likeness (QED) is 0.260. The van der Waals surface area contributed by atoms with Gasteiger partial charge in [0.25, 0.3) is 0 Å². The Morgan fingerprint density at radius 3 is 2.38 bits per heavy atom. The summed E-state index contributed by atoms with van der Waals surface area (Å²) in [6.07, 6.45) is 4.82. The van der Waals surface area contributed by atoms with E-state index in [1.54, 1.807) is 18.3 Å². The average molecular weight is 495 g/mol. The predicted molar refractivity (Wildman–Crippen MR) is 144 cm³/mol. The molecule has 4 rings (SSSR count). The first-order valence-corrected chi connectivity index (χ1v) is 12.3. The zero-order valence-corrected chi connectivity index (χ0v) is 20.8. The molecule has 0 saturated heterocycles. The Morgan fingerprint density at radius 2 is 1.65 bits per heavy atom. The molecule has 0 saturated carbocycles. The number of hydrogen-bond donors (Lipinski definition) is 2. The highest BCUT2D eigenvalue weighted by Gasteiger charge is 2.16. The van der Waals surface area contributed by atoms with Crippen LogP contribution in [0.25, 0.3) is 0 Å². The second kappa shape index (κ2) is 12.5. The number of carbonyl (C=O) groups is 2. The number of rotatable bonds is 12. The lowest BCUT2D eigenvalue weighted by atomic mass is 9.96. The number of carboxylic acids is 1. The number of carboxylic acid groups (broad SMARTS) is 1. The van der Waals surface area contributed by atoms with E-state index in [4.69, 9.17) is 4.74 Å². The monoisotopic (exact) mass is 494 g/mol. The fourth-order valence-corrected chi connectivity index (χ4v) is 4.14. The molecule has 0 spiro atoms. The van der Waals surface area contributed by atoms with E-state index in [1.807, 2.05) is 85.9 Å². The molecule has 0 bridgehead atoms. The molecule has 0 aliphatic carbocycles.